The first-order valence-electron chi connectivity index (χ1n) is 6.63. The molecule has 0 saturated heterocycles. The molecule has 2 N–H and O–H groups in total. The smallest absolute Gasteiger partial charge is 0.335 e. The van der Waals surface area contributed by atoms with E-state index in [1.165, 1.54) is 37.6 Å². The molecule has 0 spiro atoms. The highest BCUT2D eigenvalue weighted by Gasteiger charge is 2.56. The van der Waals surface area contributed by atoms with Crippen LogP contribution in [-0.2, 0) is 11.3 Å². The van der Waals surface area contributed by atoms with Crippen LogP contribution in [0.3, 0.4) is 0 Å². The number of aromatic nitrogens is 1. The summed E-state index contributed by atoms with van der Waals surface area (Å²) in [5, 5.41) is 11.7. The van der Waals surface area contributed by atoms with Gasteiger partial charge in [-0.3, -0.25) is 9.78 Å². The van der Waals surface area contributed by atoms with E-state index in [1.54, 1.807) is 0 Å². The van der Waals surface area contributed by atoms with Crippen molar-refractivity contribution in [2.24, 2.45) is 17.8 Å². The minimum Gasteiger partial charge on any atom is -0.478 e. The van der Waals surface area contributed by atoms with Gasteiger partial charge in [-0.1, -0.05) is 6.42 Å². The first kappa shape index (κ1) is 12.1. The van der Waals surface area contributed by atoms with Crippen molar-refractivity contribution in [3.63, 3.8) is 0 Å². The Morgan fingerprint density at radius 3 is 2.79 bits per heavy atom. The molecule has 1 heterocycles. The quantitative estimate of drug-likeness (QED) is 0.858. The summed E-state index contributed by atoms with van der Waals surface area (Å²) in [5.74, 6) is 0.497. The van der Waals surface area contributed by atoms with Gasteiger partial charge in [0.2, 0.25) is 5.91 Å². The van der Waals surface area contributed by atoms with Gasteiger partial charge in [-0.05, 0) is 36.8 Å². The fourth-order valence-corrected chi connectivity index (χ4v) is 3.21. The van der Waals surface area contributed by atoms with Gasteiger partial charge < -0.3 is 10.4 Å². The van der Waals surface area contributed by atoms with Gasteiger partial charge in [-0.15, -0.1) is 0 Å². The van der Waals surface area contributed by atoms with Crippen molar-refractivity contribution >= 4 is 11.9 Å². The van der Waals surface area contributed by atoms with Crippen molar-refractivity contribution in [2.75, 3.05) is 0 Å². The zero-order valence-electron chi connectivity index (χ0n) is 10.5. The van der Waals surface area contributed by atoms with Crippen LogP contribution in [0.5, 0.6) is 0 Å². The summed E-state index contributed by atoms with van der Waals surface area (Å²) in [5.41, 5.74) is 0.779. The summed E-state index contributed by atoms with van der Waals surface area (Å²) in [6.45, 7) is 0.301. The fraction of sp³-hybridized carbons (Fsp3) is 0.500. The predicted octanol–water partition coefficient (Wildman–Crippen LogP) is 1.44. The highest BCUT2D eigenvalue weighted by molar-refractivity contribution is 5.87. The highest BCUT2D eigenvalue weighted by Crippen LogP contribution is 2.57. The SMILES string of the molecule is O=C(O)c1ccnc(CNC(=O)C2C3CCCC32)c1. The predicted molar refractivity (Wildman–Crippen MR) is 67.4 cm³/mol. The Bertz CT molecular complexity index is 519. The Morgan fingerprint density at radius 1 is 1.37 bits per heavy atom. The third-order valence-corrected chi connectivity index (χ3v) is 4.22. The molecule has 3 rings (SSSR count). The largest absolute Gasteiger partial charge is 0.478 e. The van der Waals surface area contributed by atoms with E-state index in [-0.39, 0.29) is 17.4 Å². The number of carbonyl (C=O) groups excluding carboxylic acids is 1. The van der Waals surface area contributed by atoms with Crippen LogP contribution >= 0.6 is 0 Å². The van der Waals surface area contributed by atoms with E-state index < -0.39 is 5.97 Å². The normalized spacial score (nSPS) is 27.7. The molecule has 2 aliphatic carbocycles. The number of hydrogen-bond acceptors (Lipinski definition) is 3. The molecule has 100 valence electrons. The van der Waals surface area contributed by atoms with E-state index in [2.05, 4.69) is 10.3 Å². The van der Waals surface area contributed by atoms with Crippen LogP contribution in [0.25, 0.3) is 0 Å². The Labute approximate surface area is 111 Å². The lowest BCUT2D eigenvalue weighted by molar-refractivity contribution is -0.123. The van der Waals surface area contributed by atoms with Crippen LogP contribution in [0, 0.1) is 17.8 Å². The number of fused-ring (bicyclic) bond motifs is 1. The number of amides is 1. The van der Waals surface area contributed by atoms with Crippen molar-refractivity contribution < 1.29 is 14.7 Å². The molecule has 0 bridgehead atoms. The van der Waals surface area contributed by atoms with Crippen molar-refractivity contribution in [1.82, 2.24) is 10.3 Å². The van der Waals surface area contributed by atoms with Crippen LogP contribution in [0.15, 0.2) is 18.3 Å². The molecule has 2 aliphatic rings. The second kappa shape index (κ2) is 4.64. The number of nitrogens with one attached hydrogen (secondary N) is 1. The molecule has 2 fully saturated rings. The third kappa shape index (κ3) is 2.32. The Balaban J connectivity index is 1.56. The highest BCUT2D eigenvalue weighted by atomic mass is 16.4. The second-order valence-electron chi connectivity index (χ2n) is 5.34. The van der Waals surface area contributed by atoms with Gasteiger partial charge in [0.15, 0.2) is 0 Å². The fourth-order valence-electron chi connectivity index (χ4n) is 3.21. The van der Waals surface area contributed by atoms with Crippen LogP contribution in [0.4, 0.5) is 0 Å². The summed E-state index contributed by atoms with van der Waals surface area (Å²) >= 11 is 0. The average Bonchev–Trinajstić information content (AvgIpc) is 2.89. The van der Waals surface area contributed by atoms with Gasteiger partial charge in [0.1, 0.15) is 0 Å². The molecule has 0 aromatic carbocycles. The number of hydrogen-bond donors (Lipinski definition) is 2. The summed E-state index contributed by atoms with van der Waals surface area (Å²) in [6.07, 6.45) is 5.06. The molecule has 2 atom stereocenters. The van der Waals surface area contributed by atoms with E-state index in [1.807, 2.05) is 0 Å². The number of carboxylic acids is 1. The lowest BCUT2D eigenvalue weighted by Gasteiger charge is -2.06. The zero-order valence-corrected chi connectivity index (χ0v) is 10.5. The van der Waals surface area contributed by atoms with Crippen LogP contribution in [-0.4, -0.2) is 22.0 Å². The standard InChI is InChI=1S/C14H16N2O3/c17-13(12-10-2-1-3-11(10)12)16-7-9-6-8(14(18)19)4-5-15-9/h4-6,10-12H,1-3,7H2,(H,16,17)(H,18,19). The summed E-state index contributed by atoms with van der Waals surface area (Å²) in [6, 6.07) is 2.94. The molecule has 1 aromatic rings. The Morgan fingerprint density at radius 2 is 2.11 bits per heavy atom. The van der Waals surface area contributed by atoms with E-state index in [0.717, 1.165) is 0 Å². The van der Waals surface area contributed by atoms with E-state index in [4.69, 9.17) is 5.11 Å². The zero-order chi connectivity index (χ0) is 13.4. The topological polar surface area (TPSA) is 79.3 Å². The van der Waals surface area contributed by atoms with Crippen molar-refractivity contribution in [2.45, 2.75) is 25.8 Å². The van der Waals surface area contributed by atoms with Crippen molar-refractivity contribution in [3.8, 4) is 0 Å². The van der Waals surface area contributed by atoms with Crippen LogP contribution in [0.1, 0.15) is 35.3 Å². The lowest BCUT2D eigenvalue weighted by Crippen LogP contribution is -2.26. The maximum Gasteiger partial charge on any atom is 0.335 e. The number of carbonyl (C=O) groups is 2. The molecule has 1 aromatic heterocycles. The number of rotatable bonds is 4. The third-order valence-electron chi connectivity index (χ3n) is 4.22. The molecule has 2 unspecified atom stereocenters. The number of carboxylic acid groups (broad SMARTS) is 1. The summed E-state index contributed by atoms with van der Waals surface area (Å²) in [4.78, 5) is 26.9. The molecule has 2 saturated carbocycles. The van der Waals surface area contributed by atoms with Gasteiger partial charge in [-0.2, -0.15) is 0 Å². The van der Waals surface area contributed by atoms with E-state index >= 15 is 0 Å². The Kier molecular flexibility index (Phi) is 2.97. The maximum absolute atomic E-state index is 12.0. The Hall–Kier alpha value is -1.91. The molecule has 0 radical (unpaired) electrons. The van der Waals surface area contributed by atoms with Gasteiger partial charge >= 0.3 is 5.97 Å². The molecule has 1 amide bonds. The second-order valence-corrected chi connectivity index (χ2v) is 5.34. The number of pyridine rings is 1. The molecule has 5 heteroatoms. The number of nitrogens with zero attached hydrogens (tertiary/aromatic N) is 1. The van der Waals surface area contributed by atoms with Crippen molar-refractivity contribution in [1.29, 1.82) is 0 Å². The van der Waals surface area contributed by atoms with Gasteiger partial charge in [0.05, 0.1) is 17.8 Å². The van der Waals surface area contributed by atoms with E-state index in [9.17, 15) is 9.59 Å². The monoisotopic (exact) mass is 260 g/mol. The maximum atomic E-state index is 12.0. The van der Waals surface area contributed by atoms with Crippen LogP contribution < -0.4 is 5.32 Å². The van der Waals surface area contributed by atoms with Gasteiger partial charge in [0.25, 0.3) is 0 Å². The van der Waals surface area contributed by atoms with E-state index in [0.29, 0.717) is 24.1 Å². The minimum absolute atomic E-state index is 0.0947. The lowest BCUT2D eigenvalue weighted by atomic mass is 10.1. The molecular weight excluding hydrogens is 244 g/mol. The van der Waals surface area contributed by atoms with Gasteiger partial charge in [0, 0.05) is 12.1 Å². The molecule has 5 nitrogen and oxygen atoms in total. The average molecular weight is 260 g/mol. The van der Waals surface area contributed by atoms with Gasteiger partial charge in [-0.25, -0.2) is 4.79 Å². The summed E-state index contributed by atoms with van der Waals surface area (Å²) in [7, 11) is 0. The molecular formula is C14H16N2O3. The van der Waals surface area contributed by atoms with Crippen molar-refractivity contribution in [3.05, 3.63) is 29.6 Å². The first-order valence-corrected chi connectivity index (χ1v) is 6.63. The minimum atomic E-state index is -0.980. The molecule has 19 heavy (non-hydrogen) atoms. The summed E-state index contributed by atoms with van der Waals surface area (Å²) < 4.78 is 0. The molecule has 0 aliphatic heterocycles. The first-order chi connectivity index (χ1) is 9.16. The number of aromatic carboxylic acids is 1. The van der Waals surface area contributed by atoms with Crippen LogP contribution in [0.2, 0.25) is 0 Å².